The van der Waals surface area contributed by atoms with Crippen LogP contribution in [0.15, 0.2) is 73.1 Å². The maximum atomic E-state index is 13.4. The lowest BCUT2D eigenvalue weighted by molar-refractivity contribution is -0.116. The Bertz CT molecular complexity index is 1090. The van der Waals surface area contributed by atoms with E-state index >= 15 is 0 Å². The third-order valence-electron chi connectivity index (χ3n) is 6.07. The van der Waals surface area contributed by atoms with Crippen LogP contribution in [0.3, 0.4) is 0 Å². The first-order valence-electron chi connectivity index (χ1n) is 11.8. The largest absolute Gasteiger partial charge is 0.333 e. The van der Waals surface area contributed by atoms with Crippen LogP contribution >= 0.6 is 0 Å². The molecule has 34 heavy (non-hydrogen) atoms. The molecule has 3 aromatic rings. The van der Waals surface area contributed by atoms with Crippen molar-refractivity contribution in [2.45, 2.75) is 32.9 Å². The molecule has 0 saturated carbocycles. The van der Waals surface area contributed by atoms with Gasteiger partial charge in [0.15, 0.2) is 0 Å². The summed E-state index contributed by atoms with van der Waals surface area (Å²) < 4.78 is 0. The van der Waals surface area contributed by atoms with Gasteiger partial charge in [-0.2, -0.15) is 0 Å². The number of pyridine rings is 2. The number of carbonyl (C=O) groups is 2. The van der Waals surface area contributed by atoms with Crippen LogP contribution in [0, 0.1) is 0 Å². The van der Waals surface area contributed by atoms with Crippen molar-refractivity contribution in [3.8, 4) is 0 Å². The van der Waals surface area contributed by atoms with Crippen LogP contribution < -0.4 is 4.90 Å². The first-order chi connectivity index (χ1) is 16.6. The lowest BCUT2D eigenvalue weighted by Gasteiger charge is -2.31. The van der Waals surface area contributed by atoms with Gasteiger partial charge in [0.05, 0.1) is 5.69 Å². The zero-order chi connectivity index (χ0) is 23.8. The summed E-state index contributed by atoms with van der Waals surface area (Å²) in [5, 5.41) is 0. The van der Waals surface area contributed by atoms with Crippen LogP contribution in [0.5, 0.6) is 0 Å². The second kappa shape index (κ2) is 11.5. The number of nitrogens with zero attached hydrogens (tertiary/aromatic N) is 5. The van der Waals surface area contributed by atoms with Gasteiger partial charge < -0.3 is 9.80 Å². The summed E-state index contributed by atoms with van der Waals surface area (Å²) in [5.41, 5.74) is 3.28. The van der Waals surface area contributed by atoms with Crippen molar-refractivity contribution in [2.75, 3.05) is 31.1 Å². The molecule has 0 bridgehead atoms. The first kappa shape index (κ1) is 23.6. The van der Waals surface area contributed by atoms with Gasteiger partial charge in [0.25, 0.3) is 5.91 Å². The number of amides is 2. The van der Waals surface area contributed by atoms with E-state index in [0.717, 1.165) is 49.4 Å². The molecule has 0 aliphatic carbocycles. The van der Waals surface area contributed by atoms with E-state index in [4.69, 9.17) is 0 Å². The smallest absolute Gasteiger partial charge is 0.272 e. The van der Waals surface area contributed by atoms with Crippen molar-refractivity contribution in [2.24, 2.45) is 0 Å². The summed E-state index contributed by atoms with van der Waals surface area (Å²) in [6, 6.07) is 19.2. The Kier molecular flexibility index (Phi) is 7.99. The highest BCUT2D eigenvalue weighted by Crippen LogP contribution is 2.24. The minimum absolute atomic E-state index is 0.00314. The molecule has 0 radical (unpaired) electrons. The molecule has 1 aliphatic rings. The predicted molar refractivity (Wildman–Crippen MR) is 132 cm³/mol. The molecule has 0 saturated heterocycles. The van der Waals surface area contributed by atoms with Crippen molar-refractivity contribution in [1.82, 2.24) is 19.8 Å². The molecule has 176 valence electrons. The van der Waals surface area contributed by atoms with Crippen LogP contribution in [0.2, 0.25) is 0 Å². The van der Waals surface area contributed by atoms with Crippen LogP contribution in [0.4, 0.5) is 5.69 Å². The number of para-hydroxylation sites is 1. The molecular weight excluding hydrogens is 426 g/mol. The Labute approximate surface area is 201 Å². The number of rotatable bonds is 3. The van der Waals surface area contributed by atoms with Crippen molar-refractivity contribution < 1.29 is 9.59 Å². The molecule has 7 nitrogen and oxygen atoms in total. The average molecular weight is 458 g/mol. The number of benzene rings is 1. The molecule has 0 fully saturated rings. The fraction of sp³-hybridized carbons (Fsp3) is 0.333. The molecule has 0 atom stereocenters. The van der Waals surface area contributed by atoms with E-state index in [-0.39, 0.29) is 11.8 Å². The molecule has 7 heteroatoms. The molecule has 1 aromatic carbocycles. The Balaban J connectivity index is 1.62. The molecule has 1 aliphatic heterocycles. The van der Waals surface area contributed by atoms with Crippen molar-refractivity contribution in [1.29, 1.82) is 0 Å². The highest BCUT2D eigenvalue weighted by Gasteiger charge is 2.22. The molecular formula is C27H31N5O2. The fourth-order valence-corrected chi connectivity index (χ4v) is 4.39. The highest BCUT2D eigenvalue weighted by molar-refractivity contribution is 5.93. The number of hydrogen-bond donors (Lipinski definition) is 0. The van der Waals surface area contributed by atoms with Crippen molar-refractivity contribution >= 4 is 17.5 Å². The minimum Gasteiger partial charge on any atom is -0.333 e. The van der Waals surface area contributed by atoms with E-state index < -0.39 is 0 Å². The monoisotopic (exact) mass is 457 g/mol. The van der Waals surface area contributed by atoms with E-state index in [0.29, 0.717) is 25.3 Å². The van der Waals surface area contributed by atoms with Gasteiger partial charge >= 0.3 is 0 Å². The summed E-state index contributed by atoms with van der Waals surface area (Å²) in [5.74, 6) is -0.0958. The third-order valence-corrected chi connectivity index (χ3v) is 6.07. The summed E-state index contributed by atoms with van der Waals surface area (Å²) in [4.78, 5) is 40.8. The van der Waals surface area contributed by atoms with Gasteiger partial charge in [-0.05, 0) is 48.7 Å². The lowest BCUT2D eigenvalue weighted by Crippen LogP contribution is -2.38. The van der Waals surface area contributed by atoms with E-state index in [9.17, 15) is 9.59 Å². The average Bonchev–Trinajstić information content (AvgIpc) is 2.86. The molecule has 2 aromatic heterocycles. The summed E-state index contributed by atoms with van der Waals surface area (Å²) in [7, 11) is 0. The normalized spacial score (nSPS) is 15.7. The standard InChI is InChI=1S/C27H31N5O2/c1-22(33)32-19-9-17-30(21-24-11-4-6-14-28-24)16-8-18-31(20-23-10-2-3-13-26(23)32)27(34)25-12-5-7-15-29-25/h2-7,10-15H,8-9,16-21H2,1H3. The van der Waals surface area contributed by atoms with Gasteiger partial charge in [0.1, 0.15) is 5.69 Å². The van der Waals surface area contributed by atoms with Gasteiger partial charge in [-0.1, -0.05) is 30.3 Å². The second-order valence-electron chi connectivity index (χ2n) is 8.55. The third kappa shape index (κ3) is 6.05. The lowest BCUT2D eigenvalue weighted by atomic mass is 10.1. The molecule has 2 amide bonds. The molecule has 3 heterocycles. The fourth-order valence-electron chi connectivity index (χ4n) is 4.39. The van der Waals surface area contributed by atoms with Crippen LogP contribution in [0.1, 0.15) is 41.5 Å². The number of fused-ring (bicyclic) bond motifs is 1. The topological polar surface area (TPSA) is 69.6 Å². The quantitative estimate of drug-likeness (QED) is 0.599. The van der Waals surface area contributed by atoms with Gasteiger partial charge in [-0.3, -0.25) is 24.5 Å². The SMILES string of the molecule is CC(=O)N1CCCN(Cc2ccccn2)CCCN(C(=O)c2ccccn2)Cc2ccccc21. The van der Waals surface area contributed by atoms with Crippen molar-refractivity contribution in [3.63, 3.8) is 0 Å². The Morgan fingerprint density at radius 2 is 1.53 bits per heavy atom. The molecule has 0 spiro atoms. The van der Waals surface area contributed by atoms with Crippen LogP contribution in [-0.2, 0) is 17.9 Å². The molecule has 4 rings (SSSR count). The minimum atomic E-state index is -0.0990. The van der Waals surface area contributed by atoms with Gasteiger partial charge in [-0.15, -0.1) is 0 Å². The summed E-state index contributed by atoms with van der Waals surface area (Å²) in [6.07, 6.45) is 5.15. The van der Waals surface area contributed by atoms with Crippen LogP contribution in [-0.4, -0.2) is 57.8 Å². The first-order valence-corrected chi connectivity index (χ1v) is 11.8. The number of carbonyl (C=O) groups excluding carboxylic acids is 2. The maximum absolute atomic E-state index is 13.4. The van der Waals surface area contributed by atoms with Gasteiger partial charge in [0.2, 0.25) is 5.91 Å². The molecule has 0 N–H and O–H groups in total. The van der Waals surface area contributed by atoms with E-state index in [1.54, 1.807) is 19.2 Å². The number of hydrogen-bond acceptors (Lipinski definition) is 5. The zero-order valence-electron chi connectivity index (χ0n) is 19.6. The second-order valence-corrected chi connectivity index (χ2v) is 8.55. The number of anilines is 1. The summed E-state index contributed by atoms with van der Waals surface area (Å²) in [6.45, 7) is 5.68. The van der Waals surface area contributed by atoms with E-state index in [1.165, 1.54) is 0 Å². The Morgan fingerprint density at radius 3 is 2.24 bits per heavy atom. The van der Waals surface area contributed by atoms with E-state index in [1.807, 2.05) is 70.6 Å². The number of aromatic nitrogens is 2. The Hall–Kier alpha value is -3.58. The van der Waals surface area contributed by atoms with Crippen molar-refractivity contribution in [3.05, 3.63) is 90.0 Å². The predicted octanol–water partition coefficient (Wildman–Crippen LogP) is 3.77. The van der Waals surface area contributed by atoms with E-state index in [2.05, 4.69) is 14.9 Å². The molecule has 0 unspecified atom stereocenters. The summed E-state index contributed by atoms with van der Waals surface area (Å²) >= 11 is 0. The van der Waals surface area contributed by atoms with Crippen LogP contribution in [0.25, 0.3) is 0 Å². The Morgan fingerprint density at radius 1 is 0.824 bits per heavy atom. The zero-order valence-corrected chi connectivity index (χ0v) is 19.6. The maximum Gasteiger partial charge on any atom is 0.272 e. The van der Waals surface area contributed by atoms with Gasteiger partial charge in [0, 0.05) is 64.3 Å². The highest BCUT2D eigenvalue weighted by atomic mass is 16.2. The van der Waals surface area contributed by atoms with Gasteiger partial charge in [-0.25, -0.2) is 0 Å².